The molecule has 6 nitrogen and oxygen atoms in total. The van der Waals surface area contributed by atoms with Crippen LogP contribution in [0.25, 0.3) is 0 Å². The molecule has 0 bridgehead atoms. The Morgan fingerprint density at radius 1 is 1.39 bits per heavy atom. The molecule has 1 aliphatic heterocycles. The number of thiazole rings is 1. The predicted molar refractivity (Wildman–Crippen MR) is 67.2 cm³/mol. The van der Waals surface area contributed by atoms with Gasteiger partial charge >= 0.3 is 4.87 Å². The van der Waals surface area contributed by atoms with Crippen molar-refractivity contribution in [2.24, 2.45) is 0 Å². The largest absolute Gasteiger partial charge is 0.343 e. The van der Waals surface area contributed by atoms with Crippen molar-refractivity contribution in [2.75, 3.05) is 0 Å². The number of nitrogens with one attached hydrogen (secondary N) is 2. The molecule has 1 fully saturated rings. The van der Waals surface area contributed by atoms with E-state index in [2.05, 4.69) is 10.3 Å². The van der Waals surface area contributed by atoms with Crippen LogP contribution in [0.5, 0.6) is 0 Å². The van der Waals surface area contributed by atoms with E-state index in [1.165, 1.54) is 4.90 Å². The average Bonchev–Trinajstić information content (AvgIpc) is 2.72. The molecule has 18 heavy (non-hydrogen) atoms. The van der Waals surface area contributed by atoms with E-state index in [4.69, 9.17) is 0 Å². The predicted octanol–water partition coefficient (Wildman–Crippen LogP) is 0.0619. The molecule has 1 saturated heterocycles. The molecule has 1 aliphatic rings. The van der Waals surface area contributed by atoms with Crippen molar-refractivity contribution in [2.45, 2.75) is 38.9 Å². The van der Waals surface area contributed by atoms with Crippen LogP contribution in [0.1, 0.15) is 26.0 Å². The standard InChI is InChI=1S/C11H15N3O3S/c1-3-8-9(15)12-6(2)10(16)14(8)4-7-5-18-11(17)13-7/h5-6,8H,3-4H2,1-2H3,(H,12,15)(H,13,17). The second-order valence-corrected chi connectivity index (χ2v) is 5.14. The summed E-state index contributed by atoms with van der Waals surface area (Å²) in [6, 6.07) is -0.970. The first-order valence-electron chi connectivity index (χ1n) is 5.80. The van der Waals surface area contributed by atoms with Crippen LogP contribution in [0.15, 0.2) is 10.2 Å². The number of H-pyrrole nitrogens is 1. The van der Waals surface area contributed by atoms with E-state index in [1.54, 1.807) is 12.3 Å². The molecule has 1 aromatic rings. The van der Waals surface area contributed by atoms with Crippen molar-refractivity contribution in [3.63, 3.8) is 0 Å². The SMILES string of the molecule is CCC1C(=O)NC(C)C(=O)N1Cc1csc(=O)[nH]1. The molecule has 0 radical (unpaired) electrons. The van der Waals surface area contributed by atoms with E-state index < -0.39 is 12.1 Å². The van der Waals surface area contributed by atoms with E-state index >= 15 is 0 Å². The highest BCUT2D eigenvalue weighted by atomic mass is 32.1. The van der Waals surface area contributed by atoms with Gasteiger partial charge in [0.2, 0.25) is 11.8 Å². The minimum absolute atomic E-state index is 0.117. The third-order valence-corrected chi connectivity index (χ3v) is 3.71. The van der Waals surface area contributed by atoms with E-state index in [9.17, 15) is 14.4 Å². The van der Waals surface area contributed by atoms with Crippen molar-refractivity contribution in [1.82, 2.24) is 15.2 Å². The molecule has 98 valence electrons. The van der Waals surface area contributed by atoms with Crippen molar-refractivity contribution in [3.05, 3.63) is 20.7 Å². The Kier molecular flexibility index (Phi) is 3.51. The normalized spacial score (nSPS) is 24.2. The zero-order valence-electron chi connectivity index (χ0n) is 10.2. The van der Waals surface area contributed by atoms with E-state index in [-0.39, 0.29) is 23.2 Å². The van der Waals surface area contributed by atoms with Crippen LogP contribution in [0.4, 0.5) is 0 Å². The lowest BCUT2D eigenvalue weighted by atomic mass is 10.1. The van der Waals surface area contributed by atoms with Crippen LogP contribution in [0, 0.1) is 0 Å². The minimum Gasteiger partial charge on any atom is -0.343 e. The number of carbonyl (C=O) groups is 2. The number of hydrogen-bond acceptors (Lipinski definition) is 4. The molecule has 2 rings (SSSR count). The summed E-state index contributed by atoms with van der Waals surface area (Å²) in [7, 11) is 0. The first kappa shape index (κ1) is 12.8. The molecule has 0 spiro atoms. The fraction of sp³-hybridized carbons (Fsp3) is 0.545. The number of amides is 2. The Morgan fingerprint density at radius 2 is 2.11 bits per heavy atom. The van der Waals surface area contributed by atoms with Crippen molar-refractivity contribution < 1.29 is 9.59 Å². The Hall–Kier alpha value is -1.63. The van der Waals surface area contributed by atoms with Crippen molar-refractivity contribution in [1.29, 1.82) is 0 Å². The lowest BCUT2D eigenvalue weighted by Gasteiger charge is -2.37. The lowest BCUT2D eigenvalue weighted by molar-refractivity contribution is -0.149. The zero-order valence-corrected chi connectivity index (χ0v) is 11.0. The maximum absolute atomic E-state index is 12.1. The maximum Gasteiger partial charge on any atom is 0.304 e. The second kappa shape index (κ2) is 4.93. The van der Waals surface area contributed by atoms with Crippen LogP contribution in [-0.4, -0.2) is 33.8 Å². The van der Waals surface area contributed by atoms with Gasteiger partial charge in [0, 0.05) is 11.1 Å². The van der Waals surface area contributed by atoms with E-state index in [0.717, 1.165) is 11.3 Å². The molecule has 2 atom stereocenters. The molecule has 0 aromatic carbocycles. The van der Waals surface area contributed by atoms with Gasteiger partial charge in [0.15, 0.2) is 0 Å². The Bertz CT molecular complexity index is 522. The highest BCUT2D eigenvalue weighted by Crippen LogP contribution is 2.16. The van der Waals surface area contributed by atoms with Crippen molar-refractivity contribution in [3.8, 4) is 0 Å². The molecule has 7 heteroatoms. The van der Waals surface area contributed by atoms with Crippen molar-refractivity contribution >= 4 is 23.2 Å². The Morgan fingerprint density at radius 3 is 2.67 bits per heavy atom. The van der Waals surface area contributed by atoms with E-state index in [0.29, 0.717) is 12.1 Å². The summed E-state index contributed by atoms with van der Waals surface area (Å²) in [5.41, 5.74) is 0.665. The number of aromatic nitrogens is 1. The third kappa shape index (κ3) is 2.31. The summed E-state index contributed by atoms with van der Waals surface area (Å²) >= 11 is 1.06. The molecular weight excluding hydrogens is 254 g/mol. The van der Waals surface area contributed by atoms with Crippen LogP contribution < -0.4 is 10.2 Å². The summed E-state index contributed by atoms with van der Waals surface area (Å²) < 4.78 is 0. The minimum atomic E-state index is -0.509. The number of carbonyl (C=O) groups excluding carboxylic acids is 2. The average molecular weight is 269 g/mol. The first-order chi connectivity index (χ1) is 8.52. The highest BCUT2D eigenvalue weighted by molar-refractivity contribution is 7.07. The van der Waals surface area contributed by atoms with Gasteiger partial charge in [0.1, 0.15) is 12.1 Å². The summed E-state index contributed by atoms with van der Waals surface area (Å²) in [4.78, 5) is 39.0. The first-order valence-corrected chi connectivity index (χ1v) is 6.68. The molecule has 1 aromatic heterocycles. The van der Waals surface area contributed by atoms with Gasteiger partial charge in [-0.2, -0.15) is 0 Å². The number of nitrogens with zero attached hydrogens (tertiary/aromatic N) is 1. The Labute approximate surface area is 108 Å². The molecule has 2 heterocycles. The van der Waals surface area contributed by atoms with Gasteiger partial charge in [-0.3, -0.25) is 14.4 Å². The third-order valence-electron chi connectivity index (χ3n) is 2.99. The summed E-state index contributed by atoms with van der Waals surface area (Å²) in [5, 5.41) is 4.33. The zero-order chi connectivity index (χ0) is 13.3. The van der Waals surface area contributed by atoms with Crippen LogP contribution in [0.2, 0.25) is 0 Å². The summed E-state index contributed by atoms with van der Waals surface area (Å²) in [5.74, 6) is -0.254. The summed E-state index contributed by atoms with van der Waals surface area (Å²) in [6.07, 6.45) is 0.554. The molecule has 2 unspecified atom stereocenters. The number of piperazine rings is 1. The van der Waals surface area contributed by atoms with Gasteiger partial charge in [0.05, 0.1) is 6.54 Å². The topological polar surface area (TPSA) is 82.3 Å². The van der Waals surface area contributed by atoms with Gasteiger partial charge < -0.3 is 15.2 Å². The smallest absolute Gasteiger partial charge is 0.304 e. The number of rotatable bonds is 3. The summed E-state index contributed by atoms with van der Waals surface area (Å²) in [6.45, 7) is 3.79. The maximum atomic E-state index is 12.1. The van der Waals surface area contributed by atoms with Gasteiger partial charge in [-0.15, -0.1) is 0 Å². The fourth-order valence-electron chi connectivity index (χ4n) is 2.08. The van der Waals surface area contributed by atoms with Crippen LogP contribution >= 0.6 is 11.3 Å². The molecule has 0 aliphatic carbocycles. The van der Waals surface area contributed by atoms with Gasteiger partial charge in [-0.25, -0.2) is 0 Å². The second-order valence-electron chi connectivity index (χ2n) is 4.29. The van der Waals surface area contributed by atoms with Gasteiger partial charge in [-0.1, -0.05) is 18.3 Å². The molecular formula is C11H15N3O3S. The van der Waals surface area contributed by atoms with Crippen LogP contribution in [-0.2, 0) is 16.1 Å². The molecule has 0 saturated carbocycles. The van der Waals surface area contributed by atoms with Crippen LogP contribution in [0.3, 0.4) is 0 Å². The molecule has 2 N–H and O–H groups in total. The molecule has 2 amide bonds. The Balaban J connectivity index is 2.23. The number of hydrogen-bond donors (Lipinski definition) is 2. The quantitative estimate of drug-likeness (QED) is 0.814. The van der Waals surface area contributed by atoms with Gasteiger partial charge in [-0.05, 0) is 13.3 Å². The number of aromatic amines is 1. The van der Waals surface area contributed by atoms with E-state index in [1.807, 2.05) is 6.92 Å². The fourth-order valence-corrected chi connectivity index (χ4v) is 2.66. The lowest BCUT2D eigenvalue weighted by Crippen LogP contribution is -2.61. The van der Waals surface area contributed by atoms with Gasteiger partial charge in [0.25, 0.3) is 0 Å². The highest BCUT2D eigenvalue weighted by Gasteiger charge is 2.37. The monoisotopic (exact) mass is 269 g/mol.